The zero-order valence-corrected chi connectivity index (χ0v) is 13.1. The molecular weight excluding hydrogens is 321 g/mol. The molecule has 7 heteroatoms. The summed E-state index contributed by atoms with van der Waals surface area (Å²) in [6.07, 6.45) is 0. The van der Waals surface area contributed by atoms with Crippen LogP contribution in [0.15, 0.2) is 42.5 Å². The Morgan fingerprint density at radius 2 is 1.83 bits per heavy atom. The van der Waals surface area contributed by atoms with Crippen molar-refractivity contribution < 1.29 is 14.0 Å². The average molecular weight is 336 g/mol. The van der Waals surface area contributed by atoms with Crippen LogP contribution in [-0.2, 0) is 9.59 Å². The molecule has 0 atom stereocenters. The Kier molecular flexibility index (Phi) is 5.54. The summed E-state index contributed by atoms with van der Waals surface area (Å²) >= 11 is 5.83. The third-order valence-electron chi connectivity index (χ3n) is 2.83. The van der Waals surface area contributed by atoms with Gasteiger partial charge in [0.2, 0.25) is 11.8 Å². The molecule has 0 radical (unpaired) electrons. The Morgan fingerprint density at radius 1 is 1.09 bits per heavy atom. The van der Waals surface area contributed by atoms with Gasteiger partial charge in [0.1, 0.15) is 5.82 Å². The topological polar surface area (TPSA) is 70.2 Å². The number of carbonyl (C=O) groups excluding carboxylic acids is 2. The van der Waals surface area contributed by atoms with Crippen molar-refractivity contribution in [3.8, 4) is 0 Å². The molecule has 0 aliphatic carbocycles. The van der Waals surface area contributed by atoms with Gasteiger partial charge in [0.05, 0.1) is 12.2 Å². The van der Waals surface area contributed by atoms with Gasteiger partial charge in [-0.1, -0.05) is 17.7 Å². The molecule has 2 aromatic rings. The molecule has 120 valence electrons. The number of carbonyl (C=O) groups is 2. The van der Waals surface area contributed by atoms with Crippen molar-refractivity contribution in [3.05, 3.63) is 53.3 Å². The maximum atomic E-state index is 13.7. The van der Waals surface area contributed by atoms with E-state index < -0.39 is 5.82 Å². The van der Waals surface area contributed by atoms with Crippen LogP contribution in [0.25, 0.3) is 0 Å². The number of anilines is 3. The lowest BCUT2D eigenvalue weighted by Gasteiger charge is -2.10. The molecular formula is C16H15ClFN3O2. The van der Waals surface area contributed by atoms with Crippen molar-refractivity contribution in [2.24, 2.45) is 0 Å². The van der Waals surface area contributed by atoms with Crippen LogP contribution in [0.1, 0.15) is 6.92 Å². The van der Waals surface area contributed by atoms with Gasteiger partial charge in [0.25, 0.3) is 0 Å². The van der Waals surface area contributed by atoms with E-state index in [1.54, 1.807) is 24.3 Å². The molecule has 0 aromatic heterocycles. The molecule has 0 unspecified atom stereocenters. The monoisotopic (exact) mass is 335 g/mol. The predicted molar refractivity (Wildman–Crippen MR) is 89.3 cm³/mol. The molecule has 0 aliphatic rings. The van der Waals surface area contributed by atoms with Gasteiger partial charge in [-0.05, 0) is 36.4 Å². The van der Waals surface area contributed by atoms with Gasteiger partial charge >= 0.3 is 0 Å². The van der Waals surface area contributed by atoms with Crippen LogP contribution in [0.2, 0.25) is 5.02 Å². The standard InChI is InChI=1S/C16H15ClFN3O2/c1-10(22)20-13-5-6-14(18)15(8-13)19-9-16(23)21-12-4-2-3-11(17)7-12/h2-8,19H,9H2,1H3,(H,20,22)(H,21,23). The molecule has 3 N–H and O–H groups in total. The Balaban J connectivity index is 1.97. The largest absolute Gasteiger partial charge is 0.374 e. The van der Waals surface area contributed by atoms with Crippen LogP contribution in [-0.4, -0.2) is 18.4 Å². The van der Waals surface area contributed by atoms with Crippen LogP contribution < -0.4 is 16.0 Å². The minimum atomic E-state index is -0.519. The molecule has 0 saturated heterocycles. The first-order valence-electron chi connectivity index (χ1n) is 6.80. The fraction of sp³-hybridized carbons (Fsp3) is 0.125. The van der Waals surface area contributed by atoms with Crippen LogP contribution in [0.4, 0.5) is 21.5 Å². The SMILES string of the molecule is CC(=O)Nc1ccc(F)c(NCC(=O)Nc2cccc(Cl)c2)c1. The van der Waals surface area contributed by atoms with Gasteiger partial charge in [0, 0.05) is 23.3 Å². The van der Waals surface area contributed by atoms with Gasteiger partial charge in [-0.2, -0.15) is 0 Å². The molecule has 0 heterocycles. The van der Waals surface area contributed by atoms with Gasteiger partial charge in [-0.3, -0.25) is 9.59 Å². The summed E-state index contributed by atoms with van der Waals surface area (Å²) < 4.78 is 13.7. The number of hydrogen-bond acceptors (Lipinski definition) is 3. The number of hydrogen-bond donors (Lipinski definition) is 3. The number of rotatable bonds is 5. The lowest BCUT2D eigenvalue weighted by atomic mass is 10.2. The van der Waals surface area contributed by atoms with E-state index in [0.717, 1.165) is 0 Å². The maximum absolute atomic E-state index is 13.7. The van der Waals surface area contributed by atoms with E-state index in [4.69, 9.17) is 11.6 Å². The number of halogens is 2. The number of amides is 2. The van der Waals surface area contributed by atoms with E-state index in [1.165, 1.54) is 25.1 Å². The summed E-state index contributed by atoms with van der Waals surface area (Å²) in [4.78, 5) is 22.9. The second-order valence-electron chi connectivity index (χ2n) is 4.79. The molecule has 0 bridgehead atoms. The van der Waals surface area contributed by atoms with Crippen molar-refractivity contribution >= 4 is 40.5 Å². The molecule has 0 aliphatic heterocycles. The van der Waals surface area contributed by atoms with Gasteiger partial charge in [-0.15, -0.1) is 0 Å². The normalized spacial score (nSPS) is 10.0. The summed E-state index contributed by atoms with van der Waals surface area (Å²) in [6.45, 7) is 1.22. The summed E-state index contributed by atoms with van der Waals surface area (Å²) in [5.41, 5.74) is 1.12. The van der Waals surface area contributed by atoms with Crippen molar-refractivity contribution in [1.29, 1.82) is 0 Å². The molecule has 23 heavy (non-hydrogen) atoms. The lowest BCUT2D eigenvalue weighted by molar-refractivity contribution is -0.115. The highest BCUT2D eigenvalue weighted by atomic mass is 35.5. The Hall–Kier alpha value is -2.60. The highest BCUT2D eigenvalue weighted by Crippen LogP contribution is 2.20. The van der Waals surface area contributed by atoms with Crippen LogP contribution in [0.3, 0.4) is 0 Å². The average Bonchev–Trinajstić information content (AvgIpc) is 2.47. The lowest BCUT2D eigenvalue weighted by Crippen LogP contribution is -2.22. The highest BCUT2D eigenvalue weighted by Gasteiger charge is 2.07. The Labute approximate surface area is 137 Å². The van der Waals surface area contributed by atoms with E-state index in [0.29, 0.717) is 16.4 Å². The first-order valence-corrected chi connectivity index (χ1v) is 7.18. The fourth-order valence-corrected chi connectivity index (χ4v) is 2.08. The maximum Gasteiger partial charge on any atom is 0.243 e. The van der Waals surface area contributed by atoms with E-state index in [1.807, 2.05) is 0 Å². The molecule has 2 aromatic carbocycles. The number of nitrogens with one attached hydrogen (secondary N) is 3. The van der Waals surface area contributed by atoms with Crippen molar-refractivity contribution in [1.82, 2.24) is 0 Å². The quantitative estimate of drug-likeness (QED) is 0.783. The van der Waals surface area contributed by atoms with Gasteiger partial charge in [-0.25, -0.2) is 4.39 Å². The summed E-state index contributed by atoms with van der Waals surface area (Å²) in [7, 11) is 0. The molecule has 2 rings (SSSR count). The molecule has 2 amide bonds. The summed E-state index contributed by atoms with van der Waals surface area (Å²) in [5, 5.41) is 8.38. The van der Waals surface area contributed by atoms with E-state index in [9.17, 15) is 14.0 Å². The van der Waals surface area contributed by atoms with Crippen LogP contribution in [0, 0.1) is 5.82 Å². The van der Waals surface area contributed by atoms with Crippen LogP contribution >= 0.6 is 11.6 Å². The molecule has 0 fully saturated rings. The van der Waals surface area contributed by atoms with Gasteiger partial charge < -0.3 is 16.0 Å². The third-order valence-corrected chi connectivity index (χ3v) is 3.07. The van der Waals surface area contributed by atoms with Crippen molar-refractivity contribution in [2.75, 3.05) is 22.5 Å². The Bertz CT molecular complexity index is 737. The predicted octanol–water partition coefficient (Wildman–Crippen LogP) is 3.49. The van der Waals surface area contributed by atoms with Gasteiger partial charge in [0.15, 0.2) is 0 Å². The zero-order chi connectivity index (χ0) is 16.8. The molecule has 0 saturated carbocycles. The van der Waals surface area contributed by atoms with Crippen LogP contribution in [0.5, 0.6) is 0 Å². The minimum Gasteiger partial charge on any atom is -0.374 e. The summed E-state index contributed by atoms with van der Waals surface area (Å²) in [5.74, 6) is -1.13. The molecule has 0 spiro atoms. The second kappa shape index (κ2) is 7.60. The Morgan fingerprint density at radius 3 is 2.52 bits per heavy atom. The smallest absolute Gasteiger partial charge is 0.243 e. The van der Waals surface area contributed by atoms with E-state index >= 15 is 0 Å². The second-order valence-corrected chi connectivity index (χ2v) is 5.22. The van der Waals surface area contributed by atoms with E-state index in [-0.39, 0.29) is 24.0 Å². The van der Waals surface area contributed by atoms with E-state index in [2.05, 4.69) is 16.0 Å². The first-order chi connectivity index (χ1) is 10.9. The fourth-order valence-electron chi connectivity index (χ4n) is 1.89. The van der Waals surface area contributed by atoms with Crippen molar-refractivity contribution in [2.45, 2.75) is 6.92 Å². The summed E-state index contributed by atoms with van der Waals surface area (Å²) in [6, 6.07) is 10.8. The third kappa shape index (κ3) is 5.27. The first kappa shape index (κ1) is 16.8. The van der Waals surface area contributed by atoms with Crippen molar-refractivity contribution in [3.63, 3.8) is 0 Å². The number of benzene rings is 2. The zero-order valence-electron chi connectivity index (χ0n) is 12.3. The highest BCUT2D eigenvalue weighted by molar-refractivity contribution is 6.30. The minimum absolute atomic E-state index is 0.123. The molecule has 5 nitrogen and oxygen atoms in total.